The number of primary amides is 1. The van der Waals surface area contributed by atoms with Crippen molar-refractivity contribution in [2.45, 2.75) is 30.8 Å². The normalized spacial score (nSPS) is 18.9. The van der Waals surface area contributed by atoms with Gasteiger partial charge in [-0.3, -0.25) is 9.69 Å². The first-order valence-electron chi connectivity index (χ1n) is 14.0. The fraction of sp³-hybridized carbons (Fsp3) is 0.206. The quantitative estimate of drug-likeness (QED) is 0.277. The third-order valence-electron chi connectivity index (χ3n) is 8.53. The molecule has 4 aromatic carbocycles. The first-order valence-corrected chi connectivity index (χ1v) is 14.4. The lowest BCUT2D eigenvalue weighted by Gasteiger charge is -2.48. The van der Waals surface area contributed by atoms with Crippen LogP contribution in [0.15, 0.2) is 91.0 Å². The number of nitrogens with one attached hydrogen (secondary N) is 1. The lowest BCUT2D eigenvalue weighted by atomic mass is 9.72. The Morgan fingerprint density at radius 1 is 1.05 bits per heavy atom. The zero-order chi connectivity index (χ0) is 30.1. The zero-order valence-electron chi connectivity index (χ0n) is 23.3. The average Bonchev–Trinajstić information content (AvgIpc) is 3.36. The van der Waals surface area contributed by atoms with Crippen molar-refractivity contribution < 1.29 is 14.0 Å². The average molecular weight is 594 g/mol. The summed E-state index contributed by atoms with van der Waals surface area (Å²) in [6.45, 7) is 1.00. The van der Waals surface area contributed by atoms with Crippen LogP contribution in [0.2, 0.25) is 5.02 Å². The van der Waals surface area contributed by atoms with Crippen LogP contribution in [0.4, 0.5) is 20.6 Å². The molecule has 0 saturated carbocycles. The number of nitriles is 1. The van der Waals surface area contributed by atoms with Gasteiger partial charge in [0.1, 0.15) is 12.0 Å². The van der Waals surface area contributed by atoms with E-state index in [0.717, 1.165) is 27.9 Å². The minimum absolute atomic E-state index is 0.135. The van der Waals surface area contributed by atoms with E-state index in [1.54, 1.807) is 11.0 Å². The van der Waals surface area contributed by atoms with Gasteiger partial charge in [-0.15, -0.1) is 0 Å². The van der Waals surface area contributed by atoms with E-state index in [2.05, 4.69) is 23.5 Å². The first kappa shape index (κ1) is 28.3. The van der Waals surface area contributed by atoms with E-state index in [9.17, 15) is 19.2 Å². The maximum absolute atomic E-state index is 14.1. The van der Waals surface area contributed by atoms with Gasteiger partial charge in [0.2, 0.25) is 5.91 Å². The molecule has 2 aliphatic heterocycles. The van der Waals surface area contributed by atoms with Crippen molar-refractivity contribution in [3.05, 3.63) is 119 Å². The number of carbonyl (C=O) groups is 2. The molecular formula is C34H29ClFN5O2. The molecule has 4 aromatic rings. The number of fused-ring (bicyclic) bond motifs is 2. The lowest BCUT2D eigenvalue weighted by molar-refractivity contribution is -0.134. The largest absolute Gasteiger partial charge is 0.384 e. The van der Waals surface area contributed by atoms with Crippen LogP contribution < -0.4 is 16.0 Å². The predicted molar refractivity (Wildman–Crippen MR) is 165 cm³/mol. The second kappa shape index (κ2) is 11.4. The van der Waals surface area contributed by atoms with Crippen LogP contribution >= 0.6 is 11.6 Å². The van der Waals surface area contributed by atoms with E-state index in [-0.39, 0.29) is 17.4 Å². The summed E-state index contributed by atoms with van der Waals surface area (Å²) in [6.07, 6.45) is 0.517. The molecule has 216 valence electrons. The summed E-state index contributed by atoms with van der Waals surface area (Å²) in [5, 5.41) is 12.8. The highest BCUT2D eigenvalue weighted by Gasteiger charge is 2.49. The number of benzene rings is 4. The number of halogens is 2. The number of urea groups is 1. The molecule has 6 rings (SSSR count). The van der Waals surface area contributed by atoms with Crippen molar-refractivity contribution in [3.63, 3.8) is 0 Å². The molecule has 0 aromatic heterocycles. The van der Waals surface area contributed by atoms with Crippen molar-refractivity contribution in [2.75, 3.05) is 23.3 Å². The highest BCUT2D eigenvalue weighted by molar-refractivity contribution is 6.31. The molecule has 3 N–H and O–H groups in total. The summed E-state index contributed by atoms with van der Waals surface area (Å²) >= 11 is 6.12. The number of hydrogen-bond acceptors (Lipinski definition) is 4. The minimum atomic E-state index is -0.763. The molecular weight excluding hydrogens is 565 g/mol. The van der Waals surface area contributed by atoms with Crippen molar-refractivity contribution in [1.82, 2.24) is 4.90 Å². The number of nitrogens with two attached hydrogens (primary N) is 1. The fourth-order valence-electron chi connectivity index (χ4n) is 6.39. The third kappa shape index (κ3) is 5.40. The summed E-state index contributed by atoms with van der Waals surface area (Å²) < 4.78 is 14.1. The molecule has 2 unspecified atom stereocenters. The number of nitrogens with zero attached hydrogens (tertiary/aromatic N) is 3. The van der Waals surface area contributed by atoms with Crippen LogP contribution in [0.25, 0.3) is 11.1 Å². The summed E-state index contributed by atoms with van der Waals surface area (Å²) in [6, 6.07) is 28.6. The van der Waals surface area contributed by atoms with E-state index in [4.69, 9.17) is 17.3 Å². The molecule has 43 heavy (non-hydrogen) atoms. The van der Waals surface area contributed by atoms with Gasteiger partial charge in [0, 0.05) is 29.9 Å². The maximum Gasteiger partial charge on any atom is 0.320 e. The Kier molecular flexibility index (Phi) is 7.51. The summed E-state index contributed by atoms with van der Waals surface area (Å²) in [5.74, 6) is -0.749. The van der Waals surface area contributed by atoms with Gasteiger partial charge in [-0.1, -0.05) is 66.2 Å². The molecule has 0 bridgehead atoms. The van der Waals surface area contributed by atoms with Gasteiger partial charge in [-0.05, 0) is 71.5 Å². The summed E-state index contributed by atoms with van der Waals surface area (Å²) in [7, 11) is 0. The number of anilines is 2. The first-order chi connectivity index (χ1) is 20.8. The Hall–Kier alpha value is -4.87. The molecule has 1 fully saturated rings. The van der Waals surface area contributed by atoms with Gasteiger partial charge in [-0.25, -0.2) is 9.18 Å². The molecule has 2 aliphatic rings. The highest BCUT2D eigenvalue weighted by Crippen LogP contribution is 2.48. The number of piperidine rings is 1. The Labute approximate surface area is 254 Å². The van der Waals surface area contributed by atoms with Crippen molar-refractivity contribution in [2.24, 2.45) is 5.73 Å². The van der Waals surface area contributed by atoms with E-state index in [0.29, 0.717) is 37.2 Å². The van der Waals surface area contributed by atoms with Gasteiger partial charge in [0.25, 0.3) is 0 Å². The van der Waals surface area contributed by atoms with Crippen LogP contribution in [0, 0.1) is 17.1 Å². The number of likely N-dealkylation sites (tertiary alicyclic amines) is 1. The molecule has 1 saturated heterocycles. The molecule has 0 radical (unpaired) electrons. The standard InChI is InChI=1S/C34H29ClFN5O2/c35-28-18-26(10-12-29(28)36)41(33(38)43)31-19-34(13-14-40(31)32(42)16-22-5-2-1-3-6-22)21-39-30-17-25(9-11-27(30)34)24-8-4-7-23(15-24)20-37/h1-12,15,17-18,31,39H,13-14,16,19,21H2,(H2,38,43). The van der Waals surface area contributed by atoms with Gasteiger partial charge < -0.3 is 16.0 Å². The molecule has 3 amide bonds. The van der Waals surface area contributed by atoms with E-state index in [1.165, 1.54) is 23.1 Å². The second-order valence-corrected chi connectivity index (χ2v) is 11.5. The minimum Gasteiger partial charge on any atom is -0.384 e. The van der Waals surface area contributed by atoms with Crippen LogP contribution in [-0.2, 0) is 16.6 Å². The van der Waals surface area contributed by atoms with Crippen molar-refractivity contribution >= 4 is 34.9 Å². The Balaban J connectivity index is 1.38. The molecule has 1 spiro atoms. The maximum atomic E-state index is 14.1. The Bertz CT molecular complexity index is 1760. The Morgan fingerprint density at radius 2 is 1.84 bits per heavy atom. The smallest absolute Gasteiger partial charge is 0.320 e. The predicted octanol–water partition coefficient (Wildman–Crippen LogP) is 6.46. The van der Waals surface area contributed by atoms with E-state index < -0.39 is 23.4 Å². The summed E-state index contributed by atoms with van der Waals surface area (Å²) in [5.41, 5.74) is 11.3. The number of amides is 3. The van der Waals surface area contributed by atoms with Gasteiger partial charge in [0.05, 0.1) is 23.1 Å². The molecule has 2 atom stereocenters. The molecule has 2 heterocycles. The molecule has 7 nitrogen and oxygen atoms in total. The lowest BCUT2D eigenvalue weighted by Crippen LogP contribution is -2.61. The van der Waals surface area contributed by atoms with E-state index >= 15 is 0 Å². The van der Waals surface area contributed by atoms with Gasteiger partial charge in [0.15, 0.2) is 0 Å². The zero-order valence-corrected chi connectivity index (χ0v) is 24.0. The topological polar surface area (TPSA) is 102 Å². The van der Waals surface area contributed by atoms with Crippen LogP contribution in [0.1, 0.15) is 29.5 Å². The summed E-state index contributed by atoms with van der Waals surface area (Å²) in [4.78, 5) is 29.9. The van der Waals surface area contributed by atoms with Gasteiger partial charge in [-0.2, -0.15) is 5.26 Å². The third-order valence-corrected chi connectivity index (χ3v) is 8.82. The van der Waals surface area contributed by atoms with Crippen molar-refractivity contribution in [3.8, 4) is 17.2 Å². The number of carbonyl (C=O) groups excluding carboxylic acids is 2. The van der Waals surface area contributed by atoms with Crippen molar-refractivity contribution in [1.29, 1.82) is 5.26 Å². The van der Waals surface area contributed by atoms with Crippen LogP contribution in [0.5, 0.6) is 0 Å². The molecule has 9 heteroatoms. The fourth-order valence-corrected chi connectivity index (χ4v) is 6.56. The van der Waals surface area contributed by atoms with Crippen LogP contribution in [-0.4, -0.2) is 36.1 Å². The highest BCUT2D eigenvalue weighted by atomic mass is 35.5. The van der Waals surface area contributed by atoms with Gasteiger partial charge >= 0.3 is 6.03 Å². The SMILES string of the molecule is N#Cc1cccc(-c2ccc3c(c2)NCC32CCN(C(=O)Cc3ccccc3)C(N(C(N)=O)c3ccc(F)c(Cl)c3)C2)c1. The molecule has 0 aliphatic carbocycles. The van der Waals surface area contributed by atoms with E-state index in [1.807, 2.05) is 54.6 Å². The second-order valence-electron chi connectivity index (χ2n) is 11.1. The van der Waals surface area contributed by atoms with Crippen LogP contribution in [0.3, 0.4) is 0 Å². The number of hydrogen-bond donors (Lipinski definition) is 2. The number of rotatable bonds is 5. The monoisotopic (exact) mass is 593 g/mol. The Morgan fingerprint density at radius 3 is 2.58 bits per heavy atom.